The lowest BCUT2D eigenvalue weighted by Crippen LogP contribution is -2.08. The van der Waals surface area contributed by atoms with Crippen molar-refractivity contribution in [2.45, 2.75) is 51.4 Å². The highest BCUT2D eigenvalue weighted by Crippen LogP contribution is 2.33. The lowest BCUT2D eigenvalue weighted by atomic mass is 9.97. The first kappa shape index (κ1) is 39.8. The maximum absolute atomic E-state index is 13.2. The summed E-state index contributed by atoms with van der Waals surface area (Å²) in [5.74, 6) is 1.20. The average Bonchev–Trinajstić information content (AvgIpc) is 3.22. The highest BCUT2D eigenvalue weighted by Gasteiger charge is 2.18. The Hall–Kier alpha value is -4.42. The van der Waals surface area contributed by atoms with Crippen LogP contribution in [0.4, 0.5) is 0 Å². The molecule has 0 saturated carbocycles. The summed E-state index contributed by atoms with van der Waals surface area (Å²) in [6.45, 7) is 2.05. The first-order chi connectivity index (χ1) is 27.5. The van der Waals surface area contributed by atoms with Gasteiger partial charge in [-0.2, -0.15) is 0 Å². The number of esters is 2. The van der Waals surface area contributed by atoms with E-state index < -0.39 is 0 Å². The zero-order valence-electron chi connectivity index (χ0n) is 31.2. The van der Waals surface area contributed by atoms with Crippen molar-refractivity contribution in [3.8, 4) is 11.5 Å². The Morgan fingerprint density at radius 1 is 0.393 bits per heavy atom. The van der Waals surface area contributed by atoms with E-state index >= 15 is 0 Å². The lowest BCUT2D eigenvalue weighted by Gasteiger charge is -2.13. The molecule has 0 aromatic heterocycles. The van der Waals surface area contributed by atoms with Crippen molar-refractivity contribution in [3.05, 3.63) is 140 Å². The van der Waals surface area contributed by atoms with Crippen LogP contribution in [0, 0.1) is 7.14 Å². The third-order valence-electron chi connectivity index (χ3n) is 10.00. The van der Waals surface area contributed by atoms with Crippen LogP contribution in [0.3, 0.4) is 0 Å². The van der Waals surface area contributed by atoms with Gasteiger partial charge in [0.1, 0.15) is 11.5 Å². The second-order valence-electron chi connectivity index (χ2n) is 13.9. The maximum Gasteiger partial charge on any atom is 0.339 e. The van der Waals surface area contributed by atoms with Crippen LogP contribution in [0.2, 0.25) is 0 Å². The molecule has 6 nitrogen and oxygen atoms in total. The van der Waals surface area contributed by atoms with Crippen molar-refractivity contribution in [1.29, 1.82) is 0 Å². The van der Waals surface area contributed by atoms with Crippen molar-refractivity contribution in [1.82, 2.24) is 0 Å². The lowest BCUT2D eigenvalue weighted by molar-refractivity contribution is 0.0492. The minimum atomic E-state index is -0.264. The van der Waals surface area contributed by atoms with Gasteiger partial charge >= 0.3 is 11.9 Å². The molecular formula is C48H44I2O6. The molecule has 0 aliphatic carbocycles. The zero-order valence-corrected chi connectivity index (χ0v) is 35.6. The van der Waals surface area contributed by atoms with E-state index in [1.807, 2.05) is 109 Å². The van der Waals surface area contributed by atoms with Crippen LogP contribution in [-0.2, 0) is 9.47 Å². The first-order valence-electron chi connectivity index (χ1n) is 19.4. The second kappa shape index (κ2) is 19.6. The largest absolute Gasteiger partial charge is 0.492 e. The minimum Gasteiger partial charge on any atom is -0.492 e. The third kappa shape index (κ3) is 9.74. The number of carbonyl (C=O) groups is 2. The van der Waals surface area contributed by atoms with Crippen molar-refractivity contribution in [2.75, 3.05) is 26.4 Å². The normalized spacial score (nSPS) is 11.3. The van der Waals surface area contributed by atoms with Crippen LogP contribution in [0.25, 0.3) is 43.1 Å². The van der Waals surface area contributed by atoms with E-state index in [0.29, 0.717) is 37.6 Å². The van der Waals surface area contributed by atoms with E-state index in [0.717, 1.165) is 113 Å². The Bertz CT molecular complexity index is 2200. The minimum absolute atomic E-state index is 0.264. The molecular weight excluding hydrogens is 926 g/mol. The predicted molar refractivity (Wildman–Crippen MR) is 243 cm³/mol. The molecule has 0 unspecified atom stereocenters. The van der Waals surface area contributed by atoms with Gasteiger partial charge in [0.05, 0.1) is 44.7 Å². The van der Waals surface area contributed by atoms with Crippen molar-refractivity contribution in [3.63, 3.8) is 0 Å². The Morgan fingerprint density at radius 3 is 1.04 bits per heavy atom. The van der Waals surface area contributed by atoms with Gasteiger partial charge < -0.3 is 18.9 Å². The van der Waals surface area contributed by atoms with Crippen LogP contribution in [0.15, 0.2) is 121 Å². The molecule has 7 rings (SSSR count). The summed E-state index contributed by atoms with van der Waals surface area (Å²) in [6.07, 6.45) is 7.38. The van der Waals surface area contributed by atoms with Crippen molar-refractivity contribution < 1.29 is 28.5 Å². The smallest absolute Gasteiger partial charge is 0.339 e. The van der Waals surface area contributed by atoms with Crippen molar-refractivity contribution >= 4 is 100 Å². The van der Waals surface area contributed by atoms with E-state index in [9.17, 15) is 9.59 Å². The van der Waals surface area contributed by atoms with Gasteiger partial charge in [-0.25, -0.2) is 9.59 Å². The maximum atomic E-state index is 13.2. The number of ether oxygens (including phenoxy) is 4. The Balaban J connectivity index is 0.768. The van der Waals surface area contributed by atoms with E-state index in [1.165, 1.54) is 0 Å². The Morgan fingerprint density at radius 2 is 0.696 bits per heavy atom. The van der Waals surface area contributed by atoms with Gasteiger partial charge in [0.2, 0.25) is 0 Å². The number of hydrogen-bond donors (Lipinski definition) is 0. The quantitative estimate of drug-likeness (QED) is 0.0369. The topological polar surface area (TPSA) is 71.1 Å². The molecule has 7 aromatic carbocycles. The van der Waals surface area contributed by atoms with Crippen molar-refractivity contribution in [2.24, 2.45) is 0 Å². The van der Waals surface area contributed by atoms with Gasteiger partial charge in [0.15, 0.2) is 0 Å². The summed E-state index contributed by atoms with van der Waals surface area (Å²) in [5, 5.41) is 7.85. The number of hydrogen-bond acceptors (Lipinski definition) is 6. The van der Waals surface area contributed by atoms with Gasteiger partial charge in [-0.1, -0.05) is 97.1 Å². The van der Waals surface area contributed by atoms with Gasteiger partial charge in [-0.05, 0) is 164 Å². The number of fused-ring (bicyclic) bond motifs is 4. The molecule has 7 aromatic rings. The summed E-state index contributed by atoms with van der Waals surface area (Å²) >= 11 is 4.61. The predicted octanol–water partition coefficient (Wildman–Crippen LogP) is 13.1. The van der Waals surface area contributed by atoms with Crippen LogP contribution >= 0.6 is 45.2 Å². The van der Waals surface area contributed by atoms with E-state index in [-0.39, 0.29) is 11.9 Å². The molecule has 286 valence electrons. The average molecular weight is 971 g/mol. The molecule has 0 atom stereocenters. The first-order valence-corrected chi connectivity index (χ1v) is 21.5. The van der Waals surface area contributed by atoms with Crippen LogP contribution < -0.4 is 9.47 Å². The van der Waals surface area contributed by atoms with Crippen LogP contribution in [-0.4, -0.2) is 38.4 Å². The second-order valence-corrected chi connectivity index (χ2v) is 16.2. The van der Waals surface area contributed by atoms with Crippen LogP contribution in [0.5, 0.6) is 11.5 Å². The molecule has 56 heavy (non-hydrogen) atoms. The van der Waals surface area contributed by atoms with Gasteiger partial charge in [0.25, 0.3) is 0 Å². The van der Waals surface area contributed by atoms with E-state index in [1.54, 1.807) is 0 Å². The molecule has 8 heteroatoms. The summed E-state index contributed by atoms with van der Waals surface area (Å²) in [4.78, 5) is 26.4. The summed E-state index contributed by atoms with van der Waals surface area (Å²) in [6, 6.07) is 40.3. The highest BCUT2D eigenvalue weighted by atomic mass is 127. The molecule has 0 N–H and O–H groups in total. The number of carbonyl (C=O) groups excluding carboxylic acids is 2. The van der Waals surface area contributed by atoms with Crippen LogP contribution in [0.1, 0.15) is 72.1 Å². The number of unbranched alkanes of at least 4 members (excludes halogenated alkanes) is 6. The number of rotatable bonds is 18. The van der Waals surface area contributed by atoms with Gasteiger partial charge in [-0.3, -0.25) is 0 Å². The summed E-state index contributed by atoms with van der Waals surface area (Å²) in [5.41, 5.74) is 1.29. The highest BCUT2D eigenvalue weighted by molar-refractivity contribution is 14.1. The summed E-state index contributed by atoms with van der Waals surface area (Å²) < 4.78 is 25.8. The third-order valence-corrected chi connectivity index (χ3v) is 11.7. The molecule has 0 spiro atoms. The Labute approximate surface area is 355 Å². The molecule has 0 fully saturated rings. The fourth-order valence-electron chi connectivity index (χ4n) is 7.15. The molecule has 0 aliphatic heterocycles. The zero-order chi connectivity index (χ0) is 38.7. The standard InChI is InChI=1S/C48H44I2O6/c49-41-32-44(54-26-14-2-4-16-28-56-48(52)46-39-23-11-7-19-35(39)30-36-20-8-12-24-40(36)46)42(50)31-43(41)53-25-13-1-3-15-27-55-47(51)45-37-21-9-5-17-33(37)29-34-18-6-10-22-38(34)45/h5-12,17-24,29-32H,1-4,13-16,25-28H2. The van der Waals surface area contributed by atoms with E-state index in [4.69, 9.17) is 18.9 Å². The number of benzene rings is 7. The summed E-state index contributed by atoms with van der Waals surface area (Å²) in [7, 11) is 0. The number of halogens is 2. The Kier molecular flexibility index (Phi) is 14.0. The molecule has 0 saturated heterocycles. The van der Waals surface area contributed by atoms with Gasteiger partial charge in [-0.15, -0.1) is 0 Å². The fraction of sp³-hybridized carbons (Fsp3) is 0.250. The monoisotopic (exact) mass is 970 g/mol. The van der Waals surface area contributed by atoms with Gasteiger partial charge in [0, 0.05) is 0 Å². The molecule has 0 heterocycles. The molecule has 0 bridgehead atoms. The fourth-order valence-corrected chi connectivity index (χ4v) is 8.34. The molecule has 0 aliphatic rings. The van der Waals surface area contributed by atoms with E-state index in [2.05, 4.69) is 57.3 Å². The molecule has 0 radical (unpaired) electrons. The SMILES string of the molecule is O=C(OCCCCCCOc1cc(I)c(OCCCCCCOC(=O)c2c3ccccc3cc3ccccc23)cc1I)c1c2ccccc2cc2ccccc12. The molecule has 0 amide bonds.